The molecule has 1 fully saturated rings. The van der Waals surface area contributed by atoms with Gasteiger partial charge in [-0.05, 0) is 0 Å². The van der Waals surface area contributed by atoms with Crippen LogP contribution in [0.1, 0.15) is 12.8 Å². The van der Waals surface area contributed by atoms with E-state index in [1.807, 2.05) is 0 Å². The number of carbonyl (C=O) groups is 4. The SMILES string of the molecule is O=C(O)[C@@H]1C(=O)CCC(=O)[C@H]1C(=O)O. The molecule has 0 aromatic rings. The minimum atomic E-state index is -1.71. The molecule has 14 heavy (non-hydrogen) atoms. The lowest BCUT2D eigenvalue weighted by molar-refractivity contribution is -0.163. The van der Waals surface area contributed by atoms with Crippen molar-refractivity contribution in [1.82, 2.24) is 0 Å². The molecule has 0 spiro atoms. The summed E-state index contributed by atoms with van der Waals surface area (Å²) in [6.07, 6.45) is -0.362. The van der Waals surface area contributed by atoms with E-state index in [9.17, 15) is 19.2 Å². The summed E-state index contributed by atoms with van der Waals surface area (Å²) in [6, 6.07) is 0. The summed E-state index contributed by atoms with van der Waals surface area (Å²) in [5.41, 5.74) is 0. The smallest absolute Gasteiger partial charge is 0.315 e. The van der Waals surface area contributed by atoms with Crippen LogP contribution in [0.25, 0.3) is 0 Å². The molecule has 1 aliphatic carbocycles. The van der Waals surface area contributed by atoms with Crippen LogP contribution in [-0.2, 0) is 19.2 Å². The van der Waals surface area contributed by atoms with Gasteiger partial charge < -0.3 is 10.2 Å². The molecule has 0 aromatic carbocycles. The average molecular weight is 200 g/mol. The molecule has 0 aromatic heterocycles. The number of aliphatic carboxylic acids is 2. The number of hydrogen-bond acceptors (Lipinski definition) is 4. The number of Topliss-reactive ketones (excluding diaryl/α,β-unsaturated/α-hetero) is 2. The van der Waals surface area contributed by atoms with Crippen LogP contribution in [0.4, 0.5) is 0 Å². The second kappa shape index (κ2) is 3.57. The number of carboxylic acid groups (broad SMARTS) is 2. The third kappa shape index (κ3) is 1.63. The monoisotopic (exact) mass is 200 g/mol. The van der Waals surface area contributed by atoms with Crippen LogP contribution in [0.5, 0.6) is 0 Å². The first kappa shape index (κ1) is 10.4. The number of ketones is 2. The van der Waals surface area contributed by atoms with E-state index in [-0.39, 0.29) is 12.8 Å². The van der Waals surface area contributed by atoms with Crippen molar-refractivity contribution in [1.29, 1.82) is 0 Å². The Kier molecular flexibility index (Phi) is 2.64. The Morgan fingerprint density at radius 1 is 0.929 bits per heavy atom. The van der Waals surface area contributed by atoms with E-state index < -0.39 is 35.3 Å². The quantitative estimate of drug-likeness (QED) is 0.571. The van der Waals surface area contributed by atoms with Crippen molar-refractivity contribution in [2.24, 2.45) is 11.8 Å². The van der Waals surface area contributed by atoms with Crippen molar-refractivity contribution in [2.75, 3.05) is 0 Å². The molecule has 2 atom stereocenters. The average Bonchev–Trinajstić information content (AvgIpc) is 2.07. The first-order valence-corrected chi connectivity index (χ1v) is 3.96. The van der Waals surface area contributed by atoms with Gasteiger partial charge in [-0.3, -0.25) is 19.2 Å². The van der Waals surface area contributed by atoms with Crippen molar-refractivity contribution < 1.29 is 29.4 Å². The highest BCUT2D eigenvalue weighted by atomic mass is 16.4. The van der Waals surface area contributed by atoms with E-state index in [1.54, 1.807) is 0 Å². The largest absolute Gasteiger partial charge is 0.481 e. The van der Waals surface area contributed by atoms with E-state index in [2.05, 4.69) is 0 Å². The van der Waals surface area contributed by atoms with Crippen molar-refractivity contribution in [3.63, 3.8) is 0 Å². The Balaban J connectivity index is 3.04. The number of hydrogen-bond donors (Lipinski definition) is 2. The molecule has 76 valence electrons. The van der Waals surface area contributed by atoms with Crippen LogP contribution in [-0.4, -0.2) is 33.7 Å². The van der Waals surface area contributed by atoms with E-state index >= 15 is 0 Å². The topological polar surface area (TPSA) is 109 Å². The first-order valence-electron chi connectivity index (χ1n) is 3.96. The molecule has 1 saturated carbocycles. The molecule has 6 heteroatoms. The Hall–Kier alpha value is -1.72. The second-order valence-corrected chi connectivity index (χ2v) is 3.06. The molecular weight excluding hydrogens is 192 g/mol. The summed E-state index contributed by atoms with van der Waals surface area (Å²) in [4.78, 5) is 43.4. The molecule has 0 saturated heterocycles. The predicted octanol–water partition coefficient (Wildman–Crippen LogP) is -0.680. The predicted molar refractivity (Wildman–Crippen MR) is 41.5 cm³/mol. The fraction of sp³-hybridized carbons (Fsp3) is 0.500. The second-order valence-electron chi connectivity index (χ2n) is 3.06. The first-order chi connectivity index (χ1) is 6.45. The Morgan fingerprint density at radius 2 is 1.21 bits per heavy atom. The van der Waals surface area contributed by atoms with Gasteiger partial charge in [0.2, 0.25) is 0 Å². The summed E-state index contributed by atoms with van der Waals surface area (Å²) >= 11 is 0. The minimum Gasteiger partial charge on any atom is -0.481 e. The highest BCUT2D eigenvalue weighted by Gasteiger charge is 2.46. The van der Waals surface area contributed by atoms with Crippen LogP contribution in [0, 0.1) is 11.8 Å². The normalized spacial score (nSPS) is 27.4. The van der Waals surface area contributed by atoms with Crippen molar-refractivity contribution in [2.45, 2.75) is 12.8 Å². The van der Waals surface area contributed by atoms with Crippen LogP contribution < -0.4 is 0 Å². The fourth-order valence-corrected chi connectivity index (χ4v) is 1.49. The number of carbonyl (C=O) groups excluding carboxylic acids is 2. The summed E-state index contributed by atoms with van der Waals surface area (Å²) < 4.78 is 0. The maximum atomic E-state index is 11.1. The van der Waals surface area contributed by atoms with E-state index in [4.69, 9.17) is 10.2 Å². The molecule has 1 rings (SSSR count). The standard InChI is InChI=1S/C8H8O6/c9-3-1-2-4(10)6(8(13)14)5(3)7(11)12/h5-6H,1-2H2,(H,11,12)(H,13,14)/t5-,6-/m1/s1. The highest BCUT2D eigenvalue weighted by molar-refractivity contribution is 6.13. The van der Waals surface area contributed by atoms with E-state index in [0.29, 0.717) is 0 Å². The third-order valence-electron chi connectivity index (χ3n) is 2.18. The lowest BCUT2D eigenvalue weighted by Gasteiger charge is -2.22. The molecule has 0 bridgehead atoms. The maximum Gasteiger partial charge on any atom is 0.315 e. The summed E-state index contributed by atoms with van der Waals surface area (Å²) in [7, 11) is 0. The summed E-state index contributed by atoms with van der Waals surface area (Å²) in [6.45, 7) is 0. The van der Waals surface area contributed by atoms with Crippen LogP contribution >= 0.6 is 0 Å². The number of carboxylic acids is 2. The zero-order valence-electron chi connectivity index (χ0n) is 7.10. The Bertz CT molecular complexity index is 286. The molecule has 0 unspecified atom stereocenters. The Morgan fingerprint density at radius 3 is 1.43 bits per heavy atom. The maximum absolute atomic E-state index is 11.1. The van der Waals surface area contributed by atoms with Gasteiger partial charge in [-0.25, -0.2) is 0 Å². The number of rotatable bonds is 2. The van der Waals surface area contributed by atoms with Crippen molar-refractivity contribution in [3.8, 4) is 0 Å². The van der Waals surface area contributed by atoms with E-state index in [0.717, 1.165) is 0 Å². The molecule has 6 nitrogen and oxygen atoms in total. The summed E-state index contributed by atoms with van der Waals surface area (Å²) in [5.74, 6) is -7.90. The molecule has 0 amide bonds. The van der Waals surface area contributed by atoms with Gasteiger partial charge in [-0.15, -0.1) is 0 Å². The van der Waals surface area contributed by atoms with Crippen molar-refractivity contribution in [3.05, 3.63) is 0 Å². The van der Waals surface area contributed by atoms with Gasteiger partial charge in [0.15, 0.2) is 0 Å². The zero-order valence-corrected chi connectivity index (χ0v) is 7.10. The van der Waals surface area contributed by atoms with Gasteiger partial charge in [0.1, 0.15) is 23.4 Å². The zero-order chi connectivity index (χ0) is 10.9. The van der Waals surface area contributed by atoms with Crippen LogP contribution in [0.3, 0.4) is 0 Å². The van der Waals surface area contributed by atoms with Gasteiger partial charge in [-0.1, -0.05) is 0 Å². The molecule has 0 heterocycles. The fourth-order valence-electron chi connectivity index (χ4n) is 1.49. The van der Waals surface area contributed by atoms with Gasteiger partial charge in [0.25, 0.3) is 0 Å². The van der Waals surface area contributed by atoms with Gasteiger partial charge in [-0.2, -0.15) is 0 Å². The van der Waals surface area contributed by atoms with Crippen molar-refractivity contribution >= 4 is 23.5 Å². The molecule has 1 aliphatic rings. The molecular formula is C8H8O6. The Labute approximate surface area is 78.5 Å². The van der Waals surface area contributed by atoms with Crippen LogP contribution in [0.15, 0.2) is 0 Å². The van der Waals surface area contributed by atoms with Gasteiger partial charge >= 0.3 is 11.9 Å². The molecule has 0 radical (unpaired) electrons. The van der Waals surface area contributed by atoms with Gasteiger partial charge in [0.05, 0.1) is 0 Å². The highest BCUT2D eigenvalue weighted by Crippen LogP contribution is 2.25. The lowest BCUT2D eigenvalue weighted by Crippen LogP contribution is -2.44. The third-order valence-corrected chi connectivity index (χ3v) is 2.18. The van der Waals surface area contributed by atoms with Gasteiger partial charge in [0, 0.05) is 12.8 Å². The lowest BCUT2D eigenvalue weighted by atomic mass is 9.77. The minimum absolute atomic E-state index is 0.181. The molecule has 2 N–H and O–H groups in total. The van der Waals surface area contributed by atoms with E-state index in [1.165, 1.54) is 0 Å². The molecule has 0 aliphatic heterocycles. The summed E-state index contributed by atoms with van der Waals surface area (Å²) in [5, 5.41) is 17.2. The van der Waals surface area contributed by atoms with Crippen LogP contribution in [0.2, 0.25) is 0 Å².